The van der Waals surface area contributed by atoms with Crippen molar-refractivity contribution < 1.29 is 4.79 Å². The van der Waals surface area contributed by atoms with Gasteiger partial charge in [-0.25, -0.2) is 4.98 Å². The van der Waals surface area contributed by atoms with E-state index >= 15 is 0 Å². The Morgan fingerprint density at radius 2 is 1.68 bits per heavy atom. The molecule has 1 amide bonds. The van der Waals surface area contributed by atoms with Crippen LogP contribution in [0.5, 0.6) is 0 Å². The van der Waals surface area contributed by atoms with Crippen LogP contribution < -0.4 is 5.32 Å². The van der Waals surface area contributed by atoms with Gasteiger partial charge >= 0.3 is 0 Å². The molecule has 1 heterocycles. The summed E-state index contributed by atoms with van der Waals surface area (Å²) < 4.78 is 0. The number of carbonyl (C=O) groups is 1. The maximum atomic E-state index is 12.0. The minimum atomic E-state index is -0.00577. The van der Waals surface area contributed by atoms with Crippen molar-refractivity contribution in [1.82, 2.24) is 10.3 Å². The van der Waals surface area contributed by atoms with Crippen LogP contribution in [0, 0.1) is 0 Å². The number of hydrogen-bond acceptors (Lipinski definition) is 3. The lowest BCUT2D eigenvalue weighted by molar-refractivity contribution is -0.120. The van der Waals surface area contributed by atoms with Crippen LogP contribution in [0.3, 0.4) is 0 Å². The molecule has 110 valence electrons. The first-order chi connectivity index (χ1) is 10.8. The molecule has 3 rings (SSSR count). The summed E-state index contributed by atoms with van der Waals surface area (Å²) in [6, 6.07) is 19.9. The van der Waals surface area contributed by atoms with Crippen LogP contribution in [-0.4, -0.2) is 10.9 Å². The average Bonchev–Trinajstić information content (AvgIpc) is 3.03. The molecule has 0 fully saturated rings. The average molecular weight is 308 g/mol. The molecule has 0 saturated carbocycles. The van der Waals surface area contributed by atoms with Crippen molar-refractivity contribution in [2.75, 3.05) is 0 Å². The van der Waals surface area contributed by atoms with Gasteiger partial charge in [-0.3, -0.25) is 4.79 Å². The monoisotopic (exact) mass is 308 g/mol. The summed E-state index contributed by atoms with van der Waals surface area (Å²) in [5.41, 5.74) is 3.00. The van der Waals surface area contributed by atoms with E-state index in [1.54, 1.807) is 11.3 Å². The van der Waals surface area contributed by atoms with Gasteiger partial charge in [0, 0.05) is 17.5 Å². The second-order valence-electron chi connectivity index (χ2n) is 4.95. The van der Waals surface area contributed by atoms with Gasteiger partial charge < -0.3 is 5.32 Å². The fraction of sp³-hybridized carbons (Fsp3) is 0.111. The molecule has 1 N–H and O–H groups in total. The number of nitrogens with one attached hydrogen (secondary N) is 1. The van der Waals surface area contributed by atoms with E-state index in [1.807, 2.05) is 66.0 Å². The first-order valence-corrected chi connectivity index (χ1v) is 8.00. The zero-order chi connectivity index (χ0) is 15.2. The predicted molar refractivity (Wildman–Crippen MR) is 89.5 cm³/mol. The number of nitrogens with zero attached hydrogens (tertiary/aromatic N) is 1. The van der Waals surface area contributed by atoms with Gasteiger partial charge in [-0.2, -0.15) is 0 Å². The van der Waals surface area contributed by atoms with Gasteiger partial charge in [-0.1, -0.05) is 60.7 Å². The van der Waals surface area contributed by atoms with Gasteiger partial charge in [0.15, 0.2) is 0 Å². The van der Waals surface area contributed by atoms with Gasteiger partial charge in [0.2, 0.25) is 5.91 Å². The van der Waals surface area contributed by atoms with E-state index in [9.17, 15) is 4.79 Å². The van der Waals surface area contributed by atoms with Gasteiger partial charge in [-0.05, 0) is 5.56 Å². The van der Waals surface area contributed by atoms with Gasteiger partial charge in [0.25, 0.3) is 0 Å². The summed E-state index contributed by atoms with van der Waals surface area (Å²) in [6.07, 6.45) is 0.316. The topological polar surface area (TPSA) is 42.0 Å². The van der Waals surface area contributed by atoms with Crippen LogP contribution in [-0.2, 0) is 17.8 Å². The summed E-state index contributed by atoms with van der Waals surface area (Å²) in [4.78, 5) is 16.5. The maximum absolute atomic E-state index is 12.0. The van der Waals surface area contributed by atoms with Crippen molar-refractivity contribution in [3.8, 4) is 10.6 Å². The highest BCUT2D eigenvalue weighted by Gasteiger charge is 2.08. The smallest absolute Gasteiger partial charge is 0.226 e. The number of amides is 1. The fourth-order valence-corrected chi connectivity index (χ4v) is 2.95. The maximum Gasteiger partial charge on any atom is 0.226 e. The molecule has 0 atom stereocenters. The first-order valence-electron chi connectivity index (χ1n) is 7.12. The lowest BCUT2D eigenvalue weighted by Gasteiger charge is -2.03. The van der Waals surface area contributed by atoms with Crippen molar-refractivity contribution in [3.05, 3.63) is 77.3 Å². The van der Waals surface area contributed by atoms with Crippen LogP contribution in [0.15, 0.2) is 66.0 Å². The number of thiazole rings is 1. The molecule has 0 unspecified atom stereocenters. The molecule has 0 aliphatic carbocycles. The van der Waals surface area contributed by atoms with Crippen molar-refractivity contribution in [1.29, 1.82) is 0 Å². The molecule has 1 aromatic heterocycles. The number of benzene rings is 2. The number of carbonyl (C=O) groups excluding carboxylic acids is 1. The minimum Gasteiger partial charge on any atom is -0.352 e. The van der Waals surface area contributed by atoms with E-state index < -0.39 is 0 Å². The fourth-order valence-electron chi connectivity index (χ4n) is 2.12. The Morgan fingerprint density at radius 1 is 1.00 bits per heavy atom. The quantitative estimate of drug-likeness (QED) is 0.781. The van der Waals surface area contributed by atoms with E-state index in [2.05, 4.69) is 10.3 Å². The summed E-state index contributed by atoms with van der Waals surface area (Å²) >= 11 is 1.57. The normalized spacial score (nSPS) is 10.4. The van der Waals surface area contributed by atoms with Crippen molar-refractivity contribution in [3.63, 3.8) is 0 Å². The Hall–Kier alpha value is -2.46. The molecular weight excluding hydrogens is 292 g/mol. The molecule has 0 aliphatic heterocycles. The Bertz CT molecular complexity index is 738. The number of hydrogen-bond donors (Lipinski definition) is 1. The molecule has 0 saturated heterocycles. The second kappa shape index (κ2) is 7.00. The van der Waals surface area contributed by atoms with Crippen LogP contribution in [0.4, 0.5) is 0 Å². The lowest BCUT2D eigenvalue weighted by Crippen LogP contribution is -2.24. The third kappa shape index (κ3) is 3.80. The highest BCUT2D eigenvalue weighted by Crippen LogP contribution is 2.23. The van der Waals surface area contributed by atoms with Crippen molar-refractivity contribution in [2.24, 2.45) is 0 Å². The van der Waals surface area contributed by atoms with Gasteiger partial charge in [0.1, 0.15) is 5.01 Å². The Kier molecular flexibility index (Phi) is 4.61. The predicted octanol–water partition coefficient (Wildman–Crippen LogP) is 3.67. The zero-order valence-electron chi connectivity index (χ0n) is 12.0. The first kappa shape index (κ1) is 14.5. The van der Waals surface area contributed by atoms with Crippen molar-refractivity contribution >= 4 is 17.2 Å². The van der Waals surface area contributed by atoms with E-state index in [0.29, 0.717) is 13.0 Å². The van der Waals surface area contributed by atoms with Crippen molar-refractivity contribution in [2.45, 2.75) is 13.0 Å². The van der Waals surface area contributed by atoms with E-state index in [-0.39, 0.29) is 5.91 Å². The van der Waals surface area contributed by atoms with Gasteiger partial charge in [0.05, 0.1) is 12.1 Å². The summed E-state index contributed by atoms with van der Waals surface area (Å²) in [5.74, 6) is -0.00577. The molecule has 22 heavy (non-hydrogen) atoms. The molecule has 0 radical (unpaired) electrons. The number of rotatable bonds is 5. The summed E-state index contributed by atoms with van der Waals surface area (Å²) in [6.45, 7) is 0.551. The minimum absolute atomic E-state index is 0.00577. The third-order valence-electron chi connectivity index (χ3n) is 3.25. The second-order valence-corrected chi connectivity index (χ2v) is 5.81. The van der Waals surface area contributed by atoms with Crippen LogP contribution in [0.1, 0.15) is 11.3 Å². The van der Waals surface area contributed by atoms with Crippen LogP contribution >= 0.6 is 11.3 Å². The molecule has 3 nitrogen and oxygen atoms in total. The standard InChI is InChI=1S/C18H16N2OS/c21-17(19-12-14-7-3-1-4-8-14)11-16-13-22-18(20-16)15-9-5-2-6-10-15/h1-10,13H,11-12H2,(H,19,21). The van der Waals surface area contributed by atoms with E-state index in [4.69, 9.17) is 0 Å². The molecule has 0 bridgehead atoms. The Labute approximate surface area is 133 Å². The highest BCUT2D eigenvalue weighted by molar-refractivity contribution is 7.13. The summed E-state index contributed by atoms with van der Waals surface area (Å²) in [5, 5.41) is 5.82. The van der Waals surface area contributed by atoms with Crippen LogP contribution in [0.2, 0.25) is 0 Å². The largest absolute Gasteiger partial charge is 0.352 e. The van der Waals surface area contributed by atoms with E-state index in [1.165, 1.54) is 0 Å². The molecule has 3 aromatic rings. The lowest BCUT2D eigenvalue weighted by atomic mass is 10.2. The Balaban J connectivity index is 1.57. The Morgan fingerprint density at radius 3 is 2.41 bits per heavy atom. The number of aromatic nitrogens is 1. The molecule has 4 heteroatoms. The molecule has 0 aliphatic rings. The van der Waals surface area contributed by atoms with Crippen LogP contribution in [0.25, 0.3) is 10.6 Å². The van der Waals surface area contributed by atoms with Gasteiger partial charge in [-0.15, -0.1) is 11.3 Å². The molecule has 2 aromatic carbocycles. The third-order valence-corrected chi connectivity index (χ3v) is 4.19. The SMILES string of the molecule is O=C(Cc1csc(-c2ccccc2)n1)NCc1ccccc1. The molecular formula is C18H16N2OS. The molecule has 0 spiro atoms. The highest BCUT2D eigenvalue weighted by atomic mass is 32.1. The zero-order valence-corrected chi connectivity index (χ0v) is 12.8. The summed E-state index contributed by atoms with van der Waals surface area (Å²) in [7, 11) is 0. The van der Waals surface area contributed by atoms with E-state index in [0.717, 1.165) is 21.8 Å².